The molecule has 2 heterocycles. The van der Waals surface area contributed by atoms with Crippen LogP contribution in [0.15, 0.2) is 6.33 Å². The van der Waals surface area contributed by atoms with Crippen LogP contribution >= 0.6 is 11.3 Å². The molecule has 2 aromatic rings. The highest BCUT2D eigenvalue weighted by Crippen LogP contribution is 2.18. The first-order chi connectivity index (χ1) is 9.94. The molecule has 1 amide bonds. The van der Waals surface area contributed by atoms with Crippen LogP contribution in [0.2, 0.25) is 0 Å². The number of carbonyl (C=O) groups excluding carboxylic acids is 1. The molecular formula is C10H13N7O3S. The monoisotopic (exact) mass is 311 g/mol. The van der Waals surface area contributed by atoms with Crippen molar-refractivity contribution in [2.75, 3.05) is 5.32 Å². The van der Waals surface area contributed by atoms with E-state index in [1.165, 1.54) is 11.3 Å². The molecule has 0 atom stereocenters. The van der Waals surface area contributed by atoms with Gasteiger partial charge in [0.25, 0.3) is 0 Å². The minimum absolute atomic E-state index is 0.181. The lowest BCUT2D eigenvalue weighted by Gasteiger charge is -1.98. The summed E-state index contributed by atoms with van der Waals surface area (Å²) in [7, 11) is 0. The Kier molecular flexibility index (Phi) is 4.52. The molecule has 0 saturated carbocycles. The molecule has 21 heavy (non-hydrogen) atoms. The van der Waals surface area contributed by atoms with Crippen LogP contribution < -0.4 is 5.32 Å². The molecule has 1 N–H and O–H groups in total. The fraction of sp³-hybridized carbons (Fsp3) is 0.500. The highest BCUT2D eigenvalue weighted by atomic mass is 32.1. The Morgan fingerprint density at radius 2 is 2.29 bits per heavy atom. The van der Waals surface area contributed by atoms with Crippen LogP contribution in [0.4, 0.5) is 11.1 Å². The van der Waals surface area contributed by atoms with Crippen molar-refractivity contribution in [2.45, 2.75) is 26.8 Å². The minimum atomic E-state index is -0.725. The highest BCUT2D eigenvalue weighted by Gasteiger charge is 2.16. The molecule has 0 unspecified atom stereocenters. The summed E-state index contributed by atoms with van der Waals surface area (Å²) >= 11 is 1.30. The Labute approximate surface area is 123 Å². The molecule has 0 aliphatic rings. The predicted octanol–water partition coefficient (Wildman–Crippen LogP) is 0.875. The maximum absolute atomic E-state index is 11.8. The van der Waals surface area contributed by atoms with Gasteiger partial charge in [0.2, 0.25) is 17.4 Å². The number of anilines is 1. The zero-order valence-corrected chi connectivity index (χ0v) is 12.2. The highest BCUT2D eigenvalue weighted by molar-refractivity contribution is 7.15. The van der Waals surface area contributed by atoms with Gasteiger partial charge < -0.3 is 10.1 Å². The van der Waals surface area contributed by atoms with E-state index < -0.39 is 16.8 Å². The van der Waals surface area contributed by atoms with Gasteiger partial charge in [0.1, 0.15) is 11.6 Å². The summed E-state index contributed by atoms with van der Waals surface area (Å²) < 4.78 is 1.09. The molecule has 2 rings (SSSR count). The summed E-state index contributed by atoms with van der Waals surface area (Å²) in [6.07, 6.45) is 1.92. The second-order valence-electron chi connectivity index (χ2n) is 4.65. The molecule has 10 nitrogen and oxygen atoms in total. The molecule has 0 aromatic carbocycles. The number of carbonyl (C=O) groups is 1. The van der Waals surface area contributed by atoms with Crippen LogP contribution in [0.1, 0.15) is 18.9 Å². The van der Waals surface area contributed by atoms with Crippen LogP contribution in [0, 0.1) is 16.0 Å². The summed E-state index contributed by atoms with van der Waals surface area (Å²) in [5.74, 6) is -0.489. The molecular weight excluding hydrogens is 298 g/mol. The number of nitrogens with one attached hydrogen (secondary N) is 1. The van der Waals surface area contributed by atoms with Gasteiger partial charge in [-0.3, -0.25) is 10.1 Å². The number of aromatic nitrogens is 5. The average Bonchev–Trinajstić information content (AvgIpc) is 2.98. The van der Waals surface area contributed by atoms with E-state index in [0.717, 1.165) is 22.4 Å². The number of amides is 1. The lowest BCUT2D eigenvalue weighted by Crippen LogP contribution is -2.19. The summed E-state index contributed by atoms with van der Waals surface area (Å²) in [5, 5.41) is 25.6. The molecule has 0 radical (unpaired) electrons. The summed E-state index contributed by atoms with van der Waals surface area (Å²) in [5.41, 5.74) is 0. The van der Waals surface area contributed by atoms with Gasteiger partial charge in [-0.05, 0) is 10.8 Å². The topological polar surface area (TPSA) is 129 Å². The normalized spacial score (nSPS) is 10.8. The van der Waals surface area contributed by atoms with E-state index in [9.17, 15) is 14.9 Å². The molecule has 0 bridgehead atoms. The third-order valence-electron chi connectivity index (χ3n) is 2.29. The van der Waals surface area contributed by atoms with Crippen molar-refractivity contribution >= 4 is 28.3 Å². The van der Waals surface area contributed by atoms with E-state index in [4.69, 9.17) is 0 Å². The number of hydrogen-bond acceptors (Lipinski definition) is 8. The van der Waals surface area contributed by atoms with Crippen molar-refractivity contribution in [3.05, 3.63) is 21.4 Å². The van der Waals surface area contributed by atoms with E-state index >= 15 is 0 Å². The first-order valence-electron chi connectivity index (χ1n) is 6.10. The van der Waals surface area contributed by atoms with Crippen molar-refractivity contribution in [3.8, 4) is 0 Å². The third kappa shape index (κ3) is 4.27. The Morgan fingerprint density at radius 3 is 2.90 bits per heavy atom. The summed E-state index contributed by atoms with van der Waals surface area (Å²) in [4.78, 5) is 24.9. The quantitative estimate of drug-likeness (QED) is 0.619. The smallest absolute Gasteiger partial charge is 0.390 e. The maximum Gasteiger partial charge on any atom is 0.490 e. The number of hydrogen-bond donors (Lipinski definition) is 1. The van der Waals surface area contributed by atoms with Crippen LogP contribution in [0.25, 0.3) is 0 Å². The Bertz CT molecular complexity index is 651. The Hall–Kier alpha value is -2.43. The first kappa shape index (κ1) is 15.0. The maximum atomic E-state index is 11.8. The van der Waals surface area contributed by atoms with E-state index in [1.807, 2.05) is 0 Å². The lowest BCUT2D eigenvalue weighted by molar-refractivity contribution is -0.394. The summed E-state index contributed by atoms with van der Waals surface area (Å²) in [6.45, 7) is 3.95. The molecule has 0 aliphatic carbocycles. The standard InChI is InChI=1S/C10H13N7O3S/c1-6(2)3-8-13-14-10(21-8)12-7(18)4-16-5-11-9(15-16)17(19)20/h5-6H,3-4H2,1-2H3,(H,12,14,18). The van der Waals surface area contributed by atoms with E-state index in [2.05, 4.69) is 39.4 Å². The SMILES string of the molecule is CC(C)Cc1nnc(NC(=O)Cn2cnc([N+](=O)[O-])n2)s1. The van der Waals surface area contributed by atoms with Crippen LogP contribution in [0.3, 0.4) is 0 Å². The lowest BCUT2D eigenvalue weighted by atomic mass is 10.1. The third-order valence-corrected chi connectivity index (χ3v) is 3.15. The van der Waals surface area contributed by atoms with Crippen molar-refractivity contribution in [2.24, 2.45) is 5.92 Å². The Morgan fingerprint density at radius 1 is 1.52 bits per heavy atom. The Balaban J connectivity index is 1.91. The number of nitrogens with zero attached hydrogens (tertiary/aromatic N) is 6. The zero-order valence-electron chi connectivity index (χ0n) is 11.4. The van der Waals surface area contributed by atoms with Crippen molar-refractivity contribution in [1.29, 1.82) is 0 Å². The number of nitro groups is 1. The van der Waals surface area contributed by atoms with Gasteiger partial charge in [0, 0.05) is 11.5 Å². The van der Waals surface area contributed by atoms with Gasteiger partial charge in [-0.25, -0.2) is 0 Å². The van der Waals surface area contributed by atoms with Crippen LogP contribution in [0.5, 0.6) is 0 Å². The van der Waals surface area contributed by atoms with Crippen LogP contribution in [-0.2, 0) is 17.8 Å². The van der Waals surface area contributed by atoms with Crippen molar-refractivity contribution in [3.63, 3.8) is 0 Å². The zero-order chi connectivity index (χ0) is 15.4. The van der Waals surface area contributed by atoms with Crippen molar-refractivity contribution < 1.29 is 9.72 Å². The van der Waals surface area contributed by atoms with Crippen LogP contribution in [-0.4, -0.2) is 35.8 Å². The van der Waals surface area contributed by atoms with E-state index in [0.29, 0.717) is 11.0 Å². The fourth-order valence-electron chi connectivity index (χ4n) is 1.49. The second-order valence-corrected chi connectivity index (χ2v) is 5.71. The molecule has 0 fully saturated rings. The fourth-order valence-corrected chi connectivity index (χ4v) is 2.45. The number of rotatable bonds is 6. The van der Waals surface area contributed by atoms with Gasteiger partial charge in [0.05, 0.1) is 0 Å². The molecule has 0 saturated heterocycles. The average molecular weight is 311 g/mol. The molecule has 2 aromatic heterocycles. The second kappa shape index (κ2) is 6.35. The summed E-state index contributed by atoms with van der Waals surface area (Å²) in [6, 6.07) is 0. The van der Waals surface area contributed by atoms with Crippen molar-refractivity contribution in [1.82, 2.24) is 25.0 Å². The predicted molar refractivity (Wildman–Crippen MR) is 73.8 cm³/mol. The first-order valence-corrected chi connectivity index (χ1v) is 6.91. The van der Waals surface area contributed by atoms with E-state index in [-0.39, 0.29) is 6.54 Å². The molecule has 0 spiro atoms. The largest absolute Gasteiger partial charge is 0.490 e. The molecule has 11 heteroatoms. The molecule has 0 aliphatic heterocycles. The molecule has 112 valence electrons. The van der Waals surface area contributed by atoms with Gasteiger partial charge >= 0.3 is 5.95 Å². The van der Waals surface area contributed by atoms with Gasteiger partial charge in [-0.2, -0.15) is 4.68 Å². The van der Waals surface area contributed by atoms with E-state index in [1.54, 1.807) is 0 Å². The van der Waals surface area contributed by atoms with Gasteiger partial charge in [0.15, 0.2) is 0 Å². The van der Waals surface area contributed by atoms with Gasteiger partial charge in [-0.15, -0.1) is 10.2 Å². The van der Waals surface area contributed by atoms with Gasteiger partial charge in [-0.1, -0.05) is 30.2 Å². The minimum Gasteiger partial charge on any atom is -0.390 e.